The average Bonchev–Trinajstić information content (AvgIpc) is 2.48. The highest BCUT2D eigenvalue weighted by Gasteiger charge is 2.18. The molecular formula is C16H16N2O3. The molecule has 108 valence electrons. The van der Waals surface area contributed by atoms with Crippen molar-refractivity contribution in [1.29, 1.82) is 0 Å². The minimum absolute atomic E-state index is 0.172. The minimum Gasteiger partial charge on any atom is -0.481 e. The summed E-state index contributed by atoms with van der Waals surface area (Å²) < 4.78 is 0. The zero-order chi connectivity index (χ0) is 15.2. The van der Waals surface area contributed by atoms with E-state index in [0.29, 0.717) is 5.56 Å². The Balaban J connectivity index is 2.18. The smallest absolute Gasteiger partial charge is 0.305 e. The highest BCUT2D eigenvalue weighted by atomic mass is 16.4. The van der Waals surface area contributed by atoms with E-state index in [4.69, 9.17) is 5.11 Å². The molecule has 1 aromatic carbocycles. The van der Waals surface area contributed by atoms with Crippen molar-refractivity contribution in [3.63, 3.8) is 0 Å². The van der Waals surface area contributed by atoms with Crippen LogP contribution in [0.15, 0.2) is 48.8 Å². The van der Waals surface area contributed by atoms with Crippen molar-refractivity contribution >= 4 is 11.9 Å². The lowest BCUT2D eigenvalue weighted by Gasteiger charge is -2.17. The normalized spacial score (nSPS) is 11.7. The van der Waals surface area contributed by atoms with Gasteiger partial charge >= 0.3 is 5.97 Å². The Morgan fingerprint density at radius 1 is 1.24 bits per heavy atom. The molecule has 1 amide bonds. The van der Waals surface area contributed by atoms with Gasteiger partial charge in [-0.05, 0) is 24.6 Å². The van der Waals surface area contributed by atoms with Crippen LogP contribution in [0.1, 0.15) is 33.9 Å². The van der Waals surface area contributed by atoms with Crippen LogP contribution in [0.3, 0.4) is 0 Å². The van der Waals surface area contributed by atoms with E-state index < -0.39 is 12.0 Å². The maximum absolute atomic E-state index is 12.1. The van der Waals surface area contributed by atoms with Gasteiger partial charge in [-0.2, -0.15) is 0 Å². The van der Waals surface area contributed by atoms with E-state index in [1.54, 1.807) is 18.3 Å². The Kier molecular flexibility index (Phi) is 4.66. The summed E-state index contributed by atoms with van der Waals surface area (Å²) in [5.41, 5.74) is 2.24. The zero-order valence-electron chi connectivity index (χ0n) is 11.6. The third kappa shape index (κ3) is 4.14. The van der Waals surface area contributed by atoms with Crippen molar-refractivity contribution < 1.29 is 14.7 Å². The Bertz CT molecular complexity index is 624. The summed E-state index contributed by atoms with van der Waals surface area (Å²) in [5, 5.41) is 11.8. The number of hydrogen-bond donors (Lipinski definition) is 2. The molecule has 5 heteroatoms. The number of aromatic nitrogens is 1. The molecule has 2 N–H and O–H groups in total. The lowest BCUT2D eigenvalue weighted by molar-refractivity contribution is -0.137. The van der Waals surface area contributed by atoms with Crippen LogP contribution < -0.4 is 5.32 Å². The highest BCUT2D eigenvalue weighted by Crippen LogP contribution is 2.18. The van der Waals surface area contributed by atoms with Crippen molar-refractivity contribution in [2.45, 2.75) is 19.4 Å². The van der Waals surface area contributed by atoms with Crippen LogP contribution in [-0.2, 0) is 4.79 Å². The van der Waals surface area contributed by atoms with Gasteiger partial charge in [-0.3, -0.25) is 14.6 Å². The van der Waals surface area contributed by atoms with Gasteiger partial charge in [0.05, 0.1) is 18.0 Å². The number of aliphatic carboxylic acids is 1. The maximum atomic E-state index is 12.1. The van der Waals surface area contributed by atoms with Crippen LogP contribution in [0.2, 0.25) is 0 Å². The Hall–Kier alpha value is -2.69. The van der Waals surface area contributed by atoms with Gasteiger partial charge in [0, 0.05) is 12.4 Å². The van der Waals surface area contributed by atoms with Gasteiger partial charge in [0.1, 0.15) is 0 Å². The second kappa shape index (κ2) is 6.65. The number of carbonyl (C=O) groups excluding carboxylic acids is 1. The number of pyridine rings is 1. The molecule has 21 heavy (non-hydrogen) atoms. The first kappa shape index (κ1) is 14.7. The van der Waals surface area contributed by atoms with E-state index >= 15 is 0 Å². The standard InChI is InChI=1S/C16H16N2O3/c1-11-4-6-12(7-5-11)14(9-15(19)20)18-16(21)13-3-2-8-17-10-13/h2-8,10,14H,9H2,1H3,(H,18,21)(H,19,20). The number of nitrogens with zero attached hydrogens (tertiary/aromatic N) is 1. The SMILES string of the molecule is Cc1ccc(C(CC(=O)O)NC(=O)c2cccnc2)cc1. The van der Waals surface area contributed by atoms with Gasteiger partial charge < -0.3 is 10.4 Å². The Labute approximate surface area is 122 Å². The number of amides is 1. The molecule has 0 aliphatic rings. The fourth-order valence-corrected chi connectivity index (χ4v) is 1.96. The highest BCUT2D eigenvalue weighted by molar-refractivity contribution is 5.94. The molecule has 1 aromatic heterocycles. The van der Waals surface area contributed by atoms with Crippen LogP contribution in [0.25, 0.3) is 0 Å². The molecule has 0 fully saturated rings. The van der Waals surface area contributed by atoms with Gasteiger partial charge in [0.15, 0.2) is 0 Å². The monoisotopic (exact) mass is 284 g/mol. The second-order valence-electron chi connectivity index (χ2n) is 4.78. The molecule has 1 heterocycles. The molecule has 0 spiro atoms. The van der Waals surface area contributed by atoms with E-state index in [0.717, 1.165) is 11.1 Å². The molecule has 5 nitrogen and oxygen atoms in total. The van der Waals surface area contributed by atoms with Crippen molar-refractivity contribution in [3.8, 4) is 0 Å². The third-order valence-corrected chi connectivity index (χ3v) is 3.09. The lowest BCUT2D eigenvalue weighted by atomic mass is 10.0. The molecule has 0 bridgehead atoms. The van der Waals surface area contributed by atoms with Crippen LogP contribution >= 0.6 is 0 Å². The van der Waals surface area contributed by atoms with Gasteiger partial charge in [-0.25, -0.2) is 0 Å². The number of nitrogens with one attached hydrogen (secondary N) is 1. The van der Waals surface area contributed by atoms with E-state index in [1.807, 2.05) is 31.2 Å². The van der Waals surface area contributed by atoms with E-state index in [1.165, 1.54) is 6.20 Å². The molecule has 2 rings (SSSR count). The molecule has 2 aromatic rings. The predicted octanol–water partition coefficient (Wildman–Crippen LogP) is 2.34. The van der Waals surface area contributed by atoms with Gasteiger partial charge in [-0.1, -0.05) is 29.8 Å². The first-order chi connectivity index (χ1) is 10.1. The number of carboxylic acid groups (broad SMARTS) is 1. The fraction of sp³-hybridized carbons (Fsp3) is 0.188. The number of hydrogen-bond acceptors (Lipinski definition) is 3. The number of aryl methyl sites for hydroxylation is 1. The van der Waals surface area contributed by atoms with Gasteiger partial charge in [-0.15, -0.1) is 0 Å². The molecule has 0 saturated heterocycles. The number of rotatable bonds is 5. The van der Waals surface area contributed by atoms with E-state index in [-0.39, 0.29) is 12.3 Å². The van der Waals surface area contributed by atoms with Crippen molar-refractivity contribution in [1.82, 2.24) is 10.3 Å². The molecule has 0 saturated carbocycles. The summed E-state index contributed by atoms with van der Waals surface area (Å²) in [5.74, 6) is -1.30. The van der Waals surface area contributed by atoms with E-state index in [2.05, 4.69) is 10.3 Å². The maximum Gasteiger partial charge on any atom is 0.305 e. The second-order valence-corrected chi connectivity index (χ2v) is 4.78. The van der Waals surface area contributed by atoms with Crippen molar-refractivity contribution in [2.24, 2.45) is 0 Å². The topological polar surface area (TPSA) is 79.3 Å². The fourth-order valence-electron chi connectivity index (χ4n) is 1.96. The summed E-state index contributed by atoms with van der Waals surface area (Å²) >= 11 is 0. The lowest BCUT2D eigenvalue weighted by Crippen LogP contribution is -2.30. The molecule has 0 aliphatic carbocycles. The number of carboxylic acids is 1. The Morgan fingerprint density at radius 3 is 2.52 bits per heavy atom. The molecule has 0 radical (unpaired) electrons. The van der Waals surface area contributed by atoms with Crippen LogP contribution in [0.4, 0.5) is 0 Å². The first-order valence-corrected chi connectivity index (χ1v) is 6.55. The van der Waals surface area contributed by atoms with Crippen molar-refractivity contribution in [3.05, 3.63) is 65.5 Å². The minimum atomic E-state index is -0.966. The summed E-state index contributed by atoms with van der Waals surface area (Å²) in [7, 11) is 0. The largest absolute Gasteiger partial charge is 0.481 e. The average molecular weight is 284 g/mol. The van der Waals surface area contributed by atoms with Crippen molar-refractivity contribution in [2.75, 3.05) is 0 Å². The molecule has 0 aliphatic heterocycles. The third-order valence-electron chi connectivity index (χ3n) is 3.09. The molecule has 1 unspecified atom stereocenters. The number of benzene rings is 1. The van der Waals surface area contributed by atoms with Gasteiger partial charge in [0.2, 0.25) is 0 Å². The van der Waals surface area contributed by atoms with Gasteiger partial charge in [0.25, 0.3) is 5.91 Å². The van der Waals surface area contributed by atoms with Crippen LogP contribution in [-0.4, -0.2) is 22.0 Å². The molecule has 1 atom stereocenters. The van der Waals surface area contributed by atoms with E-state index in [9.17, 15) is 9.59 Å². The Morgan fingerprint density at radius 2 is 1.95 bits per heavy atom. The predicted molar refractivity (Wildman–Crippen MR) is 77.9 cm³/mol. The summed E-state index contributed by atoms with van der Waals surface area (Å²) in [6.07, 6.45) is 2.85. The quantitative estimate of drug-likeness (QED) is 0.883. The van der Waals surface area contributed by atoms with Crippen LogP contribution in [0, 0.1) is 6.92 Å². The summed E-state index contributed by atoms with van der Waals surface area (Å²) in [6.45, 7) is 1.95. The first-order valence-electron chi connectivity index (χ1n) is 6.55. The summed E-state index contributed by atoms with van der Waals surface area (Å²) in [6, 6.07) is 10.2. The van der Waals surface area contributed by atoms with Crippen LogP contribution in [0.5, 0.6) is 0 Å². The zero-order valence-corrected chi connectivity index (χ0v) is 11.6. The number of carbonyl (C=O) groups is 2. The summed E-state index contributed by atoms with van der Waals surface area (Å²) in [4.78, 5) is 27.0. The molecular weight excluding hydrogens is 268 g/mol.